The van der Waals surface area contributed by atoms with Crippen LogP contribution >= 0.6 is 7.60 Å². The lowest BCUT2D eigenvalue weighted by molar-refractivity contribution is 0.214. The number of hydrogen-bond donors (Lipinski definition) is 0. The van der Waals surface area contributed by atoms with Gasteiger partial charge in [-0.2, -0.15) is 10.5 Å². The first-order chi connectivity index (χ1) is 34.3. The van der Waals surface area contributed by atoms with E-state index in [0.29, 0.717) is 18.6 Å². The molecule has 0 spiro atoms. The predicted molar refractivity (Wildman–Crippen MR) is 432 cm³/mol. The van der Waals surface area contributed by atoms with Crippen LogP contribution in [-0.4, -0.2) is 41.2 Å². The number of hydrogen-bond acceptors (Lipinski definition) is 10. The normalized spacial score (nSPS) is 10.7. The fraction of sp³-hybridized carbons (Fsp3) is 0.810. The molecule has 0 bridgehead atoms. The zero-order valence-corrected chi connectivity index (χ0v) is 72.8. The molecule has 1 saturated carbocycles. The van der Waals surface area contributed by atoms with Gasteiger partial charge in [-0.3, -0.25) is 4.57 Å². The summed E-state index contributed by atoms with van der Waals surface area (Å²) >= 11 is 18.9. The molecule has 0 aliphatic heterocycles. The first kappa shape index (κ1) is 85.7. The summed E-state index contributed by atoms with van der Waals surface area (Å²) in [5.41, 5.74) is 0.343. The first-order valence-electron chi connectivity index (χ1n) is 17.0. The molecular formula is C21H41N2O4PS42Si. The van der Waals surface area contributed by atoms with Gasteiger partial charge in [0.15, 0.2) is 0 Å². The average Bonchev–Trinajstić information content (AvgIpc) is 3.79. The molecule has 1 aliphatic rings. The standard InChI is InChI=1S/C9H13N.C6H12NO3P.C6H16OSi.S33.S9/c1-9(7-4-8-10)5-2-3-6-9;1-3-9-11(8,6-5-7)10-4-2;1-7-5-6-8(2,3)4;1-3-5-7-9-11-13-15-17-19-21-23-25-27-29-31-33-32-30-28-26-24-22-20-18-16-14-12-10-8-6-4-2;1-3-5-7-9-8-6-4-2/h4,7H,2-3,5-6H2,1H3;3-4,6H2,1-2H3;5-6H2,1-4H3;;. The Bertz CT molecular complexity index is 3410. The van der Waals surface area contributed by atoms with Crippen LogP contribution in [0.5, 0.6) is 0 Å². The number of rotatable bonds is 9. The minimum Gasteiger partial charge on any atom is -0.385 e. The highest BCUT2D eigenvalue weighted by molar-refractivity contribution is 8.80. The van der Waals surface area contributed by atoms with E-state index in [0.717, 1.165) is 6.61 Å². The molecular weight excluding hydrogens is 1750 g/mol. The molecule has 71 heavy (non-hydrogen) atoms. The van der Waals surface area contributed by atoms with Crippen molar-refractivity contribution in [3.05, 3.63) is 12.2 Å². The second-order valence-corrected chi connectivity index (χ2v) is 85.9. The Kier molecular flexibility index (Phi) is 87.6. The van der Waals surface area contributed by atoms with Crippen LogP contribution < -0.4 is 0 Å². The molecule has 0 unspecified atom stereocenters. The SMILES string of the molecule is CC1(C=CC#N)CCCC1.CCOP(=O)(CC#N)OCC.COCC[Si](C)(C)C.S=S=S=S=S=S=S=S=S.S=S=S=S=S=S=S=S=S=S=S=S=S=S=S=S=S=S=S=S=S=S=S=S=S=S=S=S=S=S=S=S=S. The maximum Gasteiger partial charge on any atom is 0.344 e. The van der Waals surface area contributed by atoms with Crippen molar-refractivity contribution in [3.63, 3.8) is 0 Å². The zero-order valence-electron chi connectivity index (χ0n) is 36.6. The van der Waals surface area contributed by atoms with Gasteiger partial charge in [0.1, 0.15) is 6.16 Å². The Hall–Kier alpha value is 8.29. The molecule has 0 aromatic carbocycles. The summed E-state index contributed by atoms with van der Waals surface area (Å²) in [5, 5.41) is 16.6. The van der Waals surface area contributed by atoms with Crippen LogP contribution in [-0.2, 0) is 401 Å². The van der Waals surface area contributed by atoms with Crippen molar-refractivity contribution in [2.24, 2.45) is 5.41 Å². The Morgan fingerprint density at radius 1 is 0.521 bits per heavy atom. The van der Waals surface area contributed by atoms with Gasteiger partial charge in [-0.15, -0.1) is 0 Å². The molecule has 0 heterocycles. The summed E-state index contributed by atoms with van der Waals surface area (Å²) in [4.78, 5) is 0. The van der Waals surface area contributed by atoms with Crippen molar-refractivity contribution < 1.29 is 18.3 Å². The molecule has 0 atom stereocenters. The highest BCUT2D eigenvalue weighted by Crippen LogP contribution is 2.47. The Morgan fingerprint density at radius 3 is 0.944 bits per heavy atom. The summed E-state index contributed by atoms with van der Waals surface area (Å²) in [6, 6.07) is 5.09. The van der Waals surface area contributed by atoms with Crippen LogP contribution in [0.25, 0.3) is 0 Å². The van der Waals surface area contributed by atoms with Crippen LogP contribution in [0.2, 0.25) is 25.7 Å². The lowest BCUT2D eigenvalue weighted by Crippen LogP contribution is -2.21. The van der Waals surface area contributed by atoms with E-state index in [2.05, 4.69) is 55.0 Å². The Labute approximate surface area is 549 Å². The van der Waals surface area contributed by atoms with E-state index in [9.17, 15) is 4.57 Å². The van der Waals surface area contributed by atoms with E-state index < -0.39 is 15.7 Å². The van der Waals surface area contributed by atoms with Crippen LogP contribution in [0.15, 0.2) is 12.2 Å². The molecule has 0 aromatic rings. The van der Waals surface area contributed by atoms with Crippen LogP contribution in [0.3, 0.4) is 0 Å². The largest absolute Gasteiger partial charge is 0.385 e. The molecule has 0 saturated heterocycles. The molecule has 1 fully saturated rings. The van der Waals surface area contributed by atoms with Crippen LogP contribution in [0.1, 0.15) is 46.5 Å². The van der Waals surface area contributed by atoms with E-state index in [1.807, 2.05) is 157 Å². The van der Waals surface area contributed by atoms with Gasteiger partial charge < -0.3 is 13.8 Å². The summed E-state index contributed by atoms with van der Waals surface area (Å²) in [5.74, 6) is 0. The summed E-state index contributed by atoms with van der Waals surface area (Å²) < 4.78 is 25.9. The lowest BCUT2D eigenvalue weighted by atomic mass is 9.89. The molecule has 0 radical (unpaired) electrons. The van der Waals surface area contributed by atoms with E-state index in [4.69, 9.17) is 46.7 Å². The molecule has 420 valence electrons. The minimum absolute atomic E-state index is 0.172. The maximum atomic E-state index is 11.3. The van der Waals surface area contributed by atoms with Gasteiger partial charge in [-0.05, 0) is 38.1 Å². The number of nitrogens with zero attached hydrogens (tertiary/aromatic N) is 2. The molecule has 6 nitrogen and oxygen atoms in total. The van der Waals surface area contributed by atoms with E-state index in [1.54, 1.807) is 184 Å². The molecule has 0 N–H and O–H groups in total. The third-order valence-corrected chi connectivity index (χ3v) is 88.8. The van der Waals surface area contributed by atoms with Crippen molar-refractivity contribution >= 4 is 398 Å². The second kappa shape index (κ2) is 72.5. The second-order valence-electron chi connectivity index (χ2n) is 11.0. The summed E-state index contributed by atoms with van der Waals surface area (Å²) in [7, 11) is 63.4. The molecule has 0 aromatic heterocycles. The third kappa shape index (κ3) is 80.4. The summed E-state index contributed by atoms with van der Waals surface area (Å²) in [6.45, 7) is 14.3. The number of methoxy groups -OCH3 is 1. The van der Waals surface area contributed by atoms with Crippen molar-refractivity contribution in [2.45, 2.75) is 72.1 Å². The molecule has 0 amide bonds. The molecule has 1 rings (SSSR count). The smallest absolute Gasteiger partial charge is 0.344 e. The van der Waals surface area contributed by atoms with Gasteiger partial charge in [0.2, 0.25) is 0 Å². The summed E-state index contributed by atoms with van der Waals surface area (Å²) in [6.07, 6.45) is 8.66. The fourth-order valence-electron chi connectivity index (χ4n) is 2.99. The van der Waals surface area contributed by atoms with Crippen molar-refractivity contribution in [1.29, 1.82) is 10.5 Å². The zero-order chi connectivity index (χ0) is 53.7. The van der Waals surface area contributed by atoms with Crippen molar-refractivity contribution in [2.75, 3.05) is 33.1 Å². The highest BCUT2D eigenvalue weighted by atomic mass is 33.5. The lowest BCUT2D eigenvalue weighted by Gasteiger charge is -2.16. The first-order valence-corrected chi connectivity index (χ1v) is 75.8. The Balaban J connectivity index is -0.000000473. The minimum atomic E-state index is -3.08. The molecule has 50 heteroatoms. The quantitative estimate of drug-likeness (QED) is 0.149. The topological polar surface area (TPSA) is 92.3 Å². The number of ether oxygens (including phenoxy) is 1. The number of nitriles is 2. The van der Waals surface area contributed by atoms with Gasteiger partial charge in [0, 0.05) is 410 Å². The highest BCUT2D eigenvalue weighted by Gasteiger charge is 2.25. The van der Waals surface area contributed by atoms with E-state index >= 15 is 0 Å². The third-order valence-electron chi connectivity index (χ3n) is 5.28. The van der Waals surface area contributed by atoms with Gasteiger partial charge in [0.25, 0.3) is 0 Å². The van der Waals surface area contributed by atoms with Crippen LogP contribution in [0, 0.1) is 28.1 Å². The van der Waals surface area contributed by atoms with Gasteiger partial charge in [0.05, 0.1) is 25.4 Å². The fourth-order valence-corrected chi connectivity index (χ4v) is 98.3. The van der Waals surface area contributed by atoms with E-state index in [1.165, 1.54) is 67.2 Å². The Morgan fingerprint density at radius 2 is 0.775 bits per heavy atom. The predicted octanol–water partition coefficient (Wildman–Crippen LogP) is 6.29. The van der Waals surface area contributed by atoms with Gasteiger partial charge >= 0.3 is 7.60 Å². The van der Waals surface area contributed by atoms with Gasteiger partial charge in [-0.25, -0.2) is 0 Å². The molecule has 1 aliphatic carbocycles. The monoisotopic (exact) mass is 1790 g/mol. The maximum absolute atomic E-state index is 11.3. The van der Waals surface area contributed by atoms with Crippen LogP contribution in [0.4, 0.5) is 0 Å². The van der Waals surface area contributed by atoms with Crippen molar-refractivity contribution in [3.8, 4) is 12.1 Å². The van der Waals surface area contributed by atoms with Gasteiger partial charge in [-0.1, -0.05) is 45.5 Å². The van der Waals surface area contributed by atoms with Crippen molar-refractivity contribution in [1.82, 2.24) is 0 Å². The van der Waals surface area contributed by atoms with E-state index in [-0.39, 0.29) is 6.16 Å². The number of allylic oxidation sites excluding steroid dienone is 2. The average molecular weight is 1790 g/mol.